The first kappa shape index (κ1) is 16.2. The predicted octanol–water partition coefficient (Wildman–Crippen LogP) is 3.18. The zero-order valence-corrected chi connectivity index (χ0v) is 14.0. The van der Waals surface area contributed by atoms with E-state index in [1.807, 2.05) is 24.3 Å². The second-order valence-corrected chi connectivity index (χ2v) is 5.88. The fourth-order valence-corrected chi connectivity index (χ4v) is 3.53. The van der Waals surface area contributed by atoms with E-state index in [1.54, 1.807) is 13.1 Å². The van der Waals surface area contributed by atoms with Crippen LogP contribution in [-0.2, 0) is 14.3 Å². The lowest BCUT2D eigenvalue weighted by Crippen LogP contribution is -2.15. The Bertz CT molecular complexity index is 918. The van der Waals surface area contributed by atoms with Crippen LogP contribution >= 0.6 is 11.3 Å². The van der Waals surface area contributed by atoms with Gasteiger partial charge in [-0.1, -0.05) is 18.2 Å². The van der Waals surface area contributed by atoms with Gasteiger partial charge in [-0.25, -0.2) is 9.59 Å². The summed E-state index contributed by atoms with van der Waals surface area (Å²) in [4.78, 5) is 28.3. The summed E-state index contributed by atoms with van der Waals surface area (Å²) in [5.41, 5.74) is 0.819. The molecule has 7 heteroatoms. The van der Waals surface area contributed by atoms with Gasteiger partial charge >= 0.3 is 11.9 Å². The summed E-state index contributed by atoms with van der Waals surface area (Å²) in [6.45, 7) is 1.70. The third-order valence-corrected chi connectivity index (χ3v) is 4.59. The van der Waals surface area contributed by atoms with E-state index in [-0.39, 0.29) is 13.2 Å². The number of fused-ring (bicyclic) bond motifs is 3. The van der Waals surface area contributed by atoms with E-state index >= 15 is 0 Å². The van der Waals surface area contributed by atoms with Crippen LogP contribution in [0, 0.1) is 0 Å². The minimum Gasteiger partial charge on any atom is -0.479 e. The molecule has 0 fully saturated rings. The Kier molecular flexibility index (Phi) is 4.61. The van der Waals surface area contributed by atoms with Gasteiger partial charge in [-0.05, 0) is 13.0 Å². The quantitative estimate of drug-likeness (QED) is 0.661. The van der Waals surface area contributed by atoms with Gasteiger partial charge in [0.2, 0.25) is 0 Å². The van der Waals surface area contributed by atoms with Crippen molar-refractivity contribution in [2.45, 2.75) is 6.92 Å². The molecule has 0 atom stereocenters. The normalized spacial score (nSPS) is 10.8. The van der Waals surface area contributed by atoms with Crippen molar-refractivity contribution in [3.63, 3.8) is 0 Å². The van der Waals surface area contributed by atoms with Crippen molar-refractivity contribution in [1.82, 2.24) is 4.98 Å². The van der Waals surface area contributed by atoms with Gasteiger partial charge in [0, 0.05) is 16.3 Å². The van der Waals surface area contributed by atoms with Gasteiger partial charge in [-0.2, -0.15) is 0 Å². The van der Waals surface area contributed by atoms with Crippen LogP contribution in [-0.4, -0.2) is 37.2 Å². The average molecular weight is 345 g/mol. The Labute approximate surface area is 142 Å². The number of hydrogen-bond donors (Lipinski definition) is 0. The summed E-state index contributed by atoms with van der Waals surface area (Å²) in [6, 6.07) is 7.62. The monoisotopic (exact) mass is 345 g/mol. The molecule has 0 radical (unpaired) electrons. The predicted molar refractivity (Wildman–Crippen MR) is 90.6 cm³/mol. The number of hydrogen-bond acceptors (Lipinski definition) is 7. The van der Waals surface area contributed by atoms with Crippen LogP contribution < -0.4 is 4.74 Å². The Morgan fingerprint density at radius 1 is 1.21 bits per heavy atom. The molecule has 2 aromatic heterocycles. The maximum Gasteiger partial charge on any atom is 0.351 e. The van der Waals surface area contributed by atoms with Gasteiger partial charge in [-0.3, -0.25) is 4.98 Å². The molecule has 0 saturated carbocycles. The number of carbonyl (C=O) groups excluding carboxylic acids is 2. The fraction of sp³-hybridized carbons (Fsp3) is 0.235. The van der Waals surface area contributed by atoms with Crippen LogP contribution in [0.4, 0.5) is 0 Å². The van der Waals surface area contributed by atoms with Gasteiger partial charge in [0.25, 0.3) is 0 Å². The van der Waals surface area contributed by atoms with Crippen molar-refractivity contribution in [3.05, 3.63) is 35.3 Å². The minimum absolute atomic E-state index is 0.266. The molecule has 0 spiro atoms. The zero-order chi connectivity index (χ0) is 17.1. The number of para-hydroxylation sites is 1. The number of nitrogens with zero attached hydrogens (tertiary/aromatic N) is 1. The number of ether oxygens (including phenoxy) is 3. The third kappa shape index (κ3) is 2.90. The number of benzene rings is 1. The molecule has 0 aliphatic carbocycles. The van der Waals surface area contributed by atoms with E-state index in [0.717, 1.165) is 15.6 Å². The second-order valence-electron chi connectivity index (χ2n) is 4.86. The average Bonchev–Trinajstić information content (AvgIpc) is 2.98. The molecule has 3 aromatic rings. The van der Waals surface area contributed by atoms with E-state index in [0.29, 0.717) is 16.0 Å². The second kappa shape index (κ2) is 6.84. The van der Waals surface area contributed by atoms with Crippen molar-refractivity contribution < 1.29 is 23.8 Å². The molecule has 0 aliphatic heterocycles. The number of methoxy groups -OCH3 is 1. The Morgan fingerprint density at radius 2 is 2.00 bits per heavy atom. The maximum absolute atomic E-state index is 12.1. The summed E-state index contributed by atoms with van der Waals surface area (Å²) in [5.74, 6) is -0.714. The minimum atomic E-state index is -0.515. The van der Waals surface area contributed by atoms with Gasteiger partial charge in [0.1, 0.15) is 0 Å². The number of esters is 2. The molecule has 24 heavy (non-hydrogen) atoms. The molecule has 0 N–H and O–H groups in total. The van der Waals surface area contributed by atoms with Crippen molar-refractivity contribution in [2.24, 2.45) is 0 Å². The highest BCUT2D eigenvalue weighted by molar-refractivity contribution is 7.22. The highest BCUT2D eigenvalue weighted by atomic mass is 32.1. The summed E-state index contributed by atoms with van der Waals surface area (Å²) in [6.07, 6.45) is 1.64. The standard InChI is InChI=1S/C17H15NO5S/c1-3-22-13(19)9-23-14-11-8-18-12-7-5-4-6-10(12)15(11)24-16(14)17(20)21-2/h4-8H,3,9H2,1-2H3. The summed E-state index contributed by atoms with van der Waals surface area (Å²) < 4.78 is 16.1. The lowest BCUT2D eigenvalue weighted by molar-refractivity contribution is -0.145. The maximum atomic E-state index is 12.1. The largest absolute Gasteiger partial charge is 0.479 e. The SMILES string of the molecule is CCOC(=O)COc1c(C(=O)OC)sc2c1cnc1ccccc12. The Morgan fingerprint density at radius 3 is 2.75 bits per heavy atom. The third-order valence-electron chi connectivity index (χ3n) is 3.39. The number of thiophene rings is 1. The van der Waals surface area contributed by atoms with Crippen LogP contribution in [0.5, 0.6) is 5.75 Å². The highest BCUT2D eigenvalue weighted by Crippen LogP contribution is 2.41. The first-order valence-electron chi connectivity index (χ1n) is 7.32. The van der Waals surface area contributed by atoms with Crippen LogP contribution in [0.3, 0.4) is 0 Å². The molecule has 1 aromatic carbocycles. The number of aromatic nitrogens is 1. The van der Waals surface area contributed by atoms with Crippen molar-refractivity contribution in [1.29, 1.82) is 0 Å². The van der Waals surface area contributed by atoms with E-state index in [4.69, 9.17) is 14.2 Å². The molecule has 3 rings (SSSR count). The summed E-state index contributed by atoms with van der Waals surface area (Å²) in [5, 5.41) is 1.58. The lowest BCUT2D eigenvalue weighted by atomic mass is 10.2. The Hall–Kier alpha value is -2.67. The molecule has 124 valence electrons. The molecule has 2 heterocycles. The fourth-order valence-electron chi connectivity index (χ4n) is 2.36. The van der Waals surface area contributed by atoms with Crippen molar-refractivity contribution in [3.8, 4) is 5.75 Å². The van der Waals surface area contributed by atoms with Crippen molar-refractivity contribution in [2.75, 3.05) is 20.3 Å². The van der Waals surface area contributed by atoms with Gasteiger partial charge in [0.05, 0.1) is 24.6 Å². The number of rotatable bonds is 5. The topological polar surface area (TPSA) is 74.7 Å². The van der Waals surface area contributed by atoms with Gasteiger partial charge in [-0.15, -0.1) is 11.3 Å². The summed E-state index contributed by atoms with van der Waals surface area (Å²) in [7, 11) is 1.30. The van der Waals surface area contributed by atoms with Crippen molar-refractivity contribution >= 4 is 44.3 Å². The zero-order valence-electron chi connectivity index (χ0n) is 13.2. The van der Waals surface area contributed by atoms with Crippen LogP contribution in [0.1, 0.15) is 16.6 Å². The molecule has 0 amide bonds. The molecule has 0 saturated heterocycles. The first-order valence-corrected chi connectivity index (χ1v) is 8.14. The molecule has 6 nitrogen and oxygen atoms in total. The van der Waals surface area contributed by atoms with Gasteiger partial charge in [0.15, 0.2) is 17.2 Å². The van der Waals surface area contributed by atoms with E-state index in [9.17, 15) is 9.59 Å². The van der Waals surface area contributed by atoms with Crippen LogP contribution in [0.25, 0.3) is 21.0 Å². The molecular formula is C17H15NO5S. The first-order chi connectivity index (χ1) is 11.7. The van der Waals surface area contributed by atoms with E-state index < -0.39 is 11.9 Å². The smallest absolute Gasteiger partial charge is 0.351 e. The van der Waals surface area contributed by atoms with E-state index in [1.165, 1.54) is 18.4 Å². The van der Waals surface area contributed by atoms with Gasteiger partial charge < -0.3 is 14.2 Å². The highest BCUT2D eigenvalue weighted by Gasteiger charge is 2.23. The number of carbonyl (C=O) groups is 2. The van der Waals surface area contributed by atoms with Crippen LogP contribution in [0.15, 0.2) is 30.5 Å². The Balaban J connectivity index is 2.12. The summed E-state index contributed by atoms with van der Waals surface area (Å²) >= 11 is 1.26. The molecule has 0 unspecified atom stereocenters. The lowest BCUT2D eigenvalue weighted by Gasteiger charge is -2.07. The molecular weight excluding hydrogens is 330 g/mol. The van der Waals surface area contributed by atoms with E-state index in [2.05, 4.69) is 4.98 Å². The number of pyridine rings is 1. The van der Waals surface area contributed by atoms with Crippen LogP contribution in [0.2, 0.25) is 0 Å². The molecule has 0 aliphatic rings. The molecule has 0 bridgehead atoms.